The number of sulfonamides is 1. The first kappa shape index (κ1) is 20.7. The standard InChI is InChI=1S/C15H8F7NO3S/c16-9-2-4-10(5-3-9)27(25,26)23-13(24)11-6-1-8(14(17,18)19)7-12(11)15(20,21)22/h1-7H,(H,23,24). The molecule has 27 heavy (non-hydrogen) atoms. The van der Waals surface area contributed by atoms with Gasteiger partial charge in [-0.25, -0.2) is 17.5 Å². The van der Waals surface area contributed by atoms with Crippen molar-refractivity contribution in [2.45, 2.75) is 17.2 Å². The summed E-state index contributed by atoms with van der Waals surface area (Å²) >= 11 is 0. The maximum absolute atomic E-state index is 13.0. The smallest absolute Gasteiger partial charge is 0.268 e. The fourth-order valence-electron chi connectivity index (χ4n) is 2.00. The molecule has 0 aliphatic carbocycles. The molecule has 0 atom stereocenters. The molecular weight excluding hydrogens is 407 g/mol. The van der Waals surface area contributed by atoms with Crippen molar-refractivity contribution < 1.29 is 43.9 Å². The Morgan fingerprint density at radius 2 is 1.41 bits per heavy atom. The molecule has 0 bridgehead atoms. The van der Waals surface area contributed by atoms with E-state index < -0.39 is 55.7 Å². The number of amides is 1. The molecule has 0 aliphatic heterocycles. The van der Waals surface area contributed by atoms with E-state index in [1.165, 1.54) is 4.72 Å². The summed E-state index contributed by atoms with van der Waals surface area (Å²) in [5, 5.41) is 0. The first-order chi connectivity index (χ1) is 12.2. The van der Waals surface area contributed by atoms with Crippen LogP contribution in [0.2, 0.25) is 0 Å². The number of hydrogen-bond donors (Lipinski definition) is 1. The van der Waals surface area contributed by atoms with Gasteiger partial charge in [-0.3, -0.25) is 4.79 Å². The monoisotopic (exact) mass is 415 g/mol. The third-order valence-corrected chi connectivity index (χ3v) is 4.59. The highest BCUT2D eigenvalue weighted by atomic mass is 32.2. The molecule has 0 spiro atoms. The topological polar surface area (TPSA) is 63.2 Å². The van der Waals surface area contributed by atoms with Gasteiger partial charge in [0.05, 0.1) is 21.6 Å². The van der Waals surface area contributed by atoms with Crippen molar-refractivity contribution in [1.82, 2.24) is 4.72 Å². The van der Waals surface area contributed by atoms with E-state index in [-0.39, 0.29) is 18.2 Å². The molecule has 1 N–H and O–H groups in total. The van der Waals surface area contributed by atoms with Gasteiger partial charge in [-0.2, -0.15) is 26.3 Å². The molecule has 2 aromatic carbocycles. The Bertz CT molecular complexity index is 964. The highest BCUT2D eigenvalue weighted by Crippen LogP contribution is 2.37. The molecule has 1 amide bonds. The molecule has 4 nitrogen and oxygen atoms in total. The predicted octanol–water partition coefficient (Wildman–Crippen LogP) is 3.98. The van der Waals surface area contributed by atoms with Crippen molar-refractivity contribution in [1.29, 1.82) is 0 Å². The molecule has 0 unspecified atom stereocenters. The Kier molecular flexibility index (Phi) is 5.23. The molecule has 0 fully saturated rings. The zero-order chi connectivity index (χ0) is 20.6. The molecule has 146 valence electrons. The molecule has 0 radical (unpaired) electrons. The van der Waals surface area contributed by atoms with Crippen molar-refractivity contribution in [3.63, 3.8) is 0 Å². The minimum Gasteiger partial charge on any atom is -0.268 e. The van der Waals surface area contributed by atoms with Crippen LogP contribution < -0.4 is 4.72 Å². The van der Waals surface area contributed by atoms with Crippen LogP contribution in [0.25, 0.3) is 0 Å². The van der Waals surface area contributed by atoms with Gasteiger partial charge >= 0.3 is 12.4 Å². The van der Waals surface area contributed by atoms with Crippen LogP contribution in [0.3, 0.4) is 0 Å². The van der Waals surface area contributed by atoms with Gasteiger partial charge in [-0.1, -0.05) is 0 Å². The lowest BCUT2D eigenvalue weighted by atomic mass is 10.0. The van der Waals surface area contributed by atoms with E-state index in [0.717, 1.165) is 24.3 Å². The fourth-order valence-corrected chi connectivity index (χ4v) is 2.97. The van der Waals surface area contributed by atoms with E-state index in [9.17, 15) is 43.9 Å². The van der Waals surface area contributed by atoms with Crippen LogP contribution in [-0.4, -0.2) is 14.3 Å². The molecule has 0 saturated carbocycles. The van der Waals surface area contributed by atoms with Crippen molar-refractivity contribution in [2.75, 3.05) is 0 Å². The lowest BCUT2D eigenvalue weighted by Crippen LogP contribution is -2.32. The van der Waals surface area contributed by atoms with Gasteiger partial charge in [-0.05, 0) is 42.5 Å². The fraction of sp³-hybridized carbons (Fsp3) is 0.133. The average molecular weight is 415 g/mol. The Hall–Kier alpha value is -2.63. The Morgan fingerprint density at radius 3 is 1.89 bits per heavy atom. The van der Waals surface area contributed by atoms with Crippen LogP contribution >= 0.6 is 0 Å². The third-order valence-electron chi connectivity index (χ3n) is 3.25. The maximum atomic E-state index is 13.0. The average Bonchev–Trinajstić information content (AvgIpc) is 2.52. The summed E-state index contributed by atoms with van der Waals surface area (Å²) in [4.78, 5) is 11.4. The number of benzene rings is 2. The summed E-state index contributed by atoms with van der Waals surface area (Å²) in [6, 6.07) is 3.12. The Labute approximate surface area is 147 Å². The number of rotatable bonds is 3. The molecule has 2 aromatic rings. The van der Waals surface area contributed by atoms with Crippen LogP contribution in [0.5, 0.6) is 0 Å². The molecule has 0 aromatic heterocycles. The summed E-state index contributed by atoms with van der Waals surface area (Å²) in [5.74, 6) is -2.59. The summed E-state index contributed by atoms with van der Waals surface area (Å²) in [6.07, 6.45) is -10.5. The number of alkyl halides is 6. The van der Waals surface area contributed by atoms with Gasteiger partial charge in [0.2, 0.25) is 0 Å². The highest BCUT2D eigenvalue weighted by Gasteiger charge is 2.40. The molecule has 0 saturated heterocycles. The number of carbonyl (C=O) groups is 1. The number of nitrogens with one attached hydrogen (secondary N) is 1. The van der Waals surface area contributed by atoms with E-state index in [1.807, 2.05) is 0 Å². The van der Waals surface area contributed by atoms with Crippen LogP contribution in [0, 0.1) is 5.82 Å². The number of hydrogen-bond acceptors (Lipinski definition) is 3. The summed E-state index contributed by atoms with van der Waals surface area (Å²) in [6.45, 7) is 0. The summed E-state index contributed by atoms with van der Waals surface area (Å²) < 4.78 is 115. The largest absolute Gasteiger partial charge is 0.417 e. The van der Waals surface area contributed by atoms with Gasteiger partial charge in [-0.15, -0.1) is 0 Å². The van der Waals surface area contributed by atoms with E-state index >= 15 is 0 Å². The van der Waals surface area contributed by atoms with Crippen LogP contribution in [0.4, 0.5) is 30.7 Å². The number of halogens is 7. The van der Waals surface area contributed by atoms with Crippen molar-refractivity contribution >= 4 is 15.9 Å². The lowest BCUT2D eigenvalue weighted by molar-refractivity contribution is -0.143. The second-order valence-corrected chi connectivity index (χ2v) is 6.83. The second kappa shape index (κ2) is 6.83. The Balaban J connectivity index is 2.45. The molecule has 2 rings (SSSR count). The van der Waals surface area contributed by atoms with Gasteiger partial charge in [0.1, 0.15) is 5.82 Å². The highest BCUT2D eigenvalue weighted by molar-refractivity contribution is 7.90. The number of carbonyl (C=O) groups excluding carboxylic acids is 1. The van der Waals surface area contributed by atoms with E-state index in [0.29, 0.717) is 0 Å². The van der Waals surface area contributed by atoms with Crippen LogP contribution in [0.15, 0.2) is 47.4 Å². The first-order valence-corrected chi connectivity index (χ1v) is 8.31. The van der Waals surface area contributed by atoms with E-state index in [4.69, 9.17) is 0 Å². The first-order valence-electron chi connectivity index (χ1n) is 6.83. The van der Waals surface area contributed by atoms with Gasteiger partial charge in [0, 0.05) is 0 Å². The maximum Gasteiger partial charge on any atom is 0.417 e. The van der Waals surface area contributed by atoms with E-state index in [1.54, 1.807) is 0 Å². The minimum atomic E-state index is -5.35. The molecule has 12 heteroatoms. The zero-order valence-electron chi connectivity index (χ0n) is 12.8. The normalized spacial score (nSPS) is 12.7. The van der Waals surface area contributed by atoms with Gasteiger partial charge < -0.3 is 0 Å². The SMILES string of the molecule is O=C(NS(=O)(=O)c1ccc(F)cc1)c1ccc(C(F)(F)F)cc1C(F)(F)F. The lowest BCUT2D eigenvalue weighted by Gasteiger charge is -2.16. The minimum absolute atomic E-state index is 0.217. The summed E-state index contributed by atoms with van der Waals surface area (Å²) in [7, 11) is -4.68. The van der Waals surface area contributed by atoms with Crippen molar-refractivity contribution in [2.24, 2.45) is 0 Å². The van der Waals surface area contributed by atoms with E-state index in [2.05, 4.69) is 0 Å². The Morgan fingerprint density at radius 1 is 0.852 bits per heavy atom. The zero-order valence-corrected chi connectivity index (χ0v) is 13.6. The molecule has 0 aliphatic rings. The molecular formula is C15H8F7NO3S. The summed E-state index contributed by atoms with van der Waals surface area (Å²) in [5.41, 5.74) is -4.93. The van der Waals surface area contributed by atoms with Crippen LogP contribution in [-0.2, 0) is 22.4 Å². The van der Waals surface area contributed by atoms with Crippen molar-refractivity contribution in [3.8, 4) is 0 Å². The van der Waals surface area contributed by atoms with Gasteiger partial charge in [0.25, 0.3) is 15.9 Å². The van der Waals surface area contributed by atoms with Crippen LogP contribution in [0.1, 0.15) is 21.5 Å². The van der Waals surface area contributed by atoms with Gasteiger partial charge in [0.15, 0.2) is 0 Å². The quantitative estimate of drug-likeness (QED) is 0.772. The third kappa shape index (κ3) is 4.76. The second-order valence-electron chi connectivity index (χ2n) is 5.14. The van der Waals surface area contributed by atoms with Crippen molar-refractivity contribution in [3.05, 3.63) is 65.0 Å². The molecule has 0 heterocycles. The predicted molar refractivity (Wildman–Crippen MR) is 77.5 cm³/mol.